The van der Waals surface area contributed by atoms with E-state index in [4.69, 9.17) is 0 Å². The van der Waals surface area contributed by atoms with Crippen molar-refractivity contribution in [2.75, 3.05) is 40.8 Å². The van der Waals surface area contributed by atoms with Crippen LogP contribution in [0.25, 0.3) is 0 Å². The molecule has 0 spiro atoms. The number of halogens is 2. The number of guanidine groups is 1. The van der Waals surface area contributed by atoms with E-state index in [1.165, 1.54) is 6.07 Å². The molecule has 1 aliphatic rings. The molecule has 0 radical (unpaired) electrons. The lowest BCUT2D eigenvalue weighted by Gasteiger charge is -2.27. The first-order valence-electron chi connectivity index (χ1n) is 9.45. The first kappa shape index (κ1) is 24.1. The molecule has 1 aromatic carbocycles. The lowest BCUT2D eigenvalue weighted by Crippen LogP contribution is -2.48. The molecular formula is C20H35FIN5. The van der Waals surface area contributed by atoms with Crippen molar-refractivity contribution in [2.45, 2.75) is 38.9 Å². The molecular weight excluding hydrogens is 456 g/mol. The second-order valence-corrected chi connectivity index (χ2v) is 7.76. The van der Waals surface area contributed by atoms with E-state index in [0.717, 1.165) is 24.6 Å². The third kappa shape index (κ3) is 6.87. The predicted molar refractivity (Wildman–Crippen MR) is 122 cm³/mol. The average Bonchev–Trinajstić information content (AvgIpc) is 2.95. The van der Waals surface area contributed by atoms with Crippen LogP contribution in [0.5, 0.6) is 0 Å². The highest BCUT2D eigenvalue weighted by molar-refractivity contribution is 14.0. The topological polar surface area (TPSA) is 42.9 Å². The van der Waals surface area contributed by atoms with Crippen molar-refractivity contribution in [3.63, 3.8) is 0 Å². The molecule has 2 N–H and O–H groups in total. The third-order valence-corrected chi connectivity index (χ3v) is 5.24. The van der Waals surface area contributed by atoms with Crippen LogP contribution in [-0.2, 0) is 0 Å². The van der Waals surface area contributed by atoms with Gasteiger partial charge in [-0.25, -0.2) is 4.39 Å². The van der Waals surface area contributed by atoms with Gasteiger partial charge in [-0.3, -0.25) is 9.89 Å². The second-order valence-electron chi connectivity index (χ2n) is 7.76. The average molecular weight is 491 g/mol. The van der Waals surface area contributed by atoms with Gasteiger partial charge in [0, 0.05) is 38.8 Å². The van der Waals surface area contributed by atoms with Gasteiger partial charge in [0.1, 0.15) is 5.82 Å². The summed E-state index contributed by atoms with van der Waals surface area (Å²) in [6, 6.07) is 7.81. The Morgan fingerprint density at radius 3 is 2.56 bits per heavy atom. The lowest BCUT2D eigenvalue weighted by atomic mass is 10.1. The molecule has 1 aromatic rings. The number of nitrogens with one attached hydrogen (secondary N) is 2. The van der Waals surface area contributed by atoms with Gasteiger partial charge in [0.15, 0.2) is 5.96 Å². The summed E-state index contributed by atoms with van der Waals surface area (Å²) in [4.78, 5) is 8.96. The number of hydrogen-bond acceptors (Lipinski definition) is 3. The van der Waals surface area contributed by atoms with Crippen LogP contribution in [0.3, 0.4) is 0 Å². The zero-order valence-corrected chi connectivity index (χ0v) is 19.7. The Morgan fingerprint density at radius 2 is 2.04 bits per heavy atom. The summed E-state index contributed by atoms with van der Waals surface area (Å²) in [6.07, 6.45) is 0. The van der Waals surface area contributed by atoms with Crippen molar-refractivity contribution < 1.29 is 4.39 Å². The highest BCUT2D eigenvalue weighted by atomic mass is 127. The van der Waals surface area contributed by atoms with Gasteiger partial charge >= 0.3 is 0 Å². The van der Waals surface area contributed by atoms with E-state index < -0.39 is 0 Å². The van der Waals surface area contributed by atoms with E-state index >= 15 is 0 Å². The maximum atomic E-state index is 13.6. The van der Waals surface area contributed by atoms with Crippen LogP contribution in [0.2, 0.25) is 0 Å². The molecule has 27 heavy (non-hydrogen) atoms. The normalized spacial score (nSPS) is 22.0. The van der Waals surface area contributed by atoms with Crippen molar-refractivity contribution in [3.05, 3.63) is 35.6 Å². The summed E-state index contributed by atoms with van der Waals surface area (Å²) in [5, 5.41) is 6.98. The number of aliphatic imine (C=N–C) groups is 1. The predicted octanol–water partition coefficient (Wildman–Crippen LogP) is 2.94. The molecule has 0 aromatic heterocycles. The zero-order valence-electron chi connectivity index (χ0n) is 17.4. The van der Waals surface area contributed by atoms with Crippen LogP contribution in [0.15, 0.2) is 29.3 Å². The fourth-order valence-corrected chi connectivity index (χ4v) is 3.49. The number of likely N-dealkylation sites (tertiary alicyclic amines) is 1. The SMILES string of the molecule is CN=C(NCC(c1cccc(F)c1)N(C)C)NC1CN(C(C)C)CC1C.I. The Hall–Kier alpha value is -0.930. The van der Waals surface area contributed by atoms with E-state index in [0.29, 0.717) is 24.5 Å². The van der Waals surface area contributed by atoms with Crippen molar-refractivity contribution >= 4 is 29.9 Å². The minimum Gasteiger partial charge on any atom is -0.354 e. The fraction of sp³-hybridized carbons (Fsp3) is 0.650. The Morgan fingerprint density at radius 1 is 1.33 bits per heavy atom. The van der Waals surface area contributed by atoms with Gasteiger partial charge in [-0.1, -0.05) is 19.1 Å². The molecule has 1 saturated heterocycles. The van der Waals surface area contributed by atoms with Crippen molar-refractivity contribution in [3.8, 4) is 0 Å². The number of nitrogens with zero attached hydrogens (tertiary/aromatic N) is 3. The van der Waals surface area contributed by atoms with Gasteiger partial charge in [0.25, 0.3) is 0 Å². The summed E-state index contributed by atoms with van der Waals surface area (Å²) in [5.74, 6) is 1.17. The zero-order chi connectivity index (χ0) is 19.3. The van der Waals surface area contributed by atoms with Crippen LogP contribution in [-0.4, -0.2) is 68.6 Å². The molecule has 0 saturated carbocycles. The first-order valence-corrected chi connectivity index (χ1v) is 9.45. The number of hydrogen-bond donors (Lipinski definition) is 2. The smallest absolute Gasteiger partial charge is 0.191 e. The molecule has 3 atom stereocenters. The van der Waals surface area contributed by atoms with Gasteiger partial charge in [-0.05, 0) is 51.6 Å². The number of likely N-dealkylation sites (N-methyl/N-ethyl adjacent to an activating group) is 1. The van der Waals surface area contributed by atoms with Crippen molar-refractivity contribution in [1.82, 2.24) is 20.4 Å². The molecule has 0 aliphatic carbocycles. The molecule has 154 valence electrons. The Kier molecular flexibility index (Phi) is 9.97. The fourth-order valence-electron chi connectivity index (χ4n) is 3.49. The molecule has 3 unspecified atom stereocenters. The summed E-state index contributed by atoms with van der Waals surface area (Å²) in [7, 11) is 5.81. The van der Waals surface area contributed by atoms with Gasteiger partial charge in [-0.15, -0.1) is 24.0 Å². The number of benzene rings is 1. The Balaban J connectivity index is 0.00000364. The Labute approximate surface area is 180 Å². The molecule has 0 amide bonds. The number of rotatable bonds is 6. The first-order chi connectivity index (χ1) is 12.3. The second kappa shape index (κ2) is 11.2. The largest absolute Gasteiger partial charge is 0.354 e. The van der Waals surface area contributed by atoms with Crippen molar-refractivity contribution in [2.24, 2.45) is 10.9 Å². The van der Waals surface area contributed by atoms with Gasteiger partial charge < -0.3 is 15.5 Å². The maximum absolute atomic E-state index is 13.6. The van der Waals surface area contributed by atoms with Crippen LogP contribution in [0, 0.1) is 11.7 Å². The molecule has 1 aliphatic heterocycles. The third-order valence-electron chi connectivity index (χ3n) is 5.24. The monoisotopic (exact) mass is 491 g/mol. The van der Waals surface area contributed by atoms with E-state index in [-0.39, 0.29) is 35.8 Å². The molecule has 0 bridgehead atoms. The highest BCUT2D eigenvalue weighted by Gasteiger charge is 2.31. The minimum absolute atomic E-state index is 0. The van der Waals surface area contributed by atoms with Gasteiger partial charge in [0.2, 0.25) is 0 Å². The molecule has 1 heterocycles. The van der Waals surface area contributed by atoms with E-state index in [9.17, 15) is 4.39 Å². The van der Waals surface area contributed by atoms with E-state index in [1.807, 2.05) is 20.2 Å². The molecule has 7 heteroatoms. The van der Waals surface area contributed by atoms with Crippen LogP contribution < -0.4 is 10.6 Å². The summed E-state index contributed by atoms with van der Waals surface area (Å²) in [5.41, 5.74) is 0.957. The van der Waals surface area contributed by atoms with Crippen LogP contribution in [0.4, 0.5) is 4.39 Å². The minimum atomic E-state index is -0.203. The standard InChI is InChI=1S/C20H34FN5.HI/c1-14(2)26-12-15(3)18(13-26)24-20(22-4)23-11-19(25(5)6)16-8-7-9-17(21)10-16;/h7-10,14-15,18-19H,11-13H2,1-6H3,(H2,22,23,24);1H. The summed E-state index contributed by atoms with van der Waals surface area (Å²) >= 11 is 0. The van der Waals surface area contributed by atoms with Crippen molar-refractivity contribution in [1.29, 1.82) is 0 Å². The summed E-state index contributed by atoms with van der Waals surface area (Å²) in [6.45, 7) is 9.55. The maximum Gasteiger partial charge on any atom is 0.191 e. The van der Waals surface area contributed by atoms with E-state index in [1.54, 1.807) is 19.2 Å². The van der Waals surface area contributed by atoms with E-state index in [2.05, 4.69) is 46.2 Å². The highest BCUT2D eigenvalue weighted by Crippen LogP contribution is 2.20. The molecule has 2 rings (SSSR count). The van der Waals surface area contributed by atoms with Gasteiger partial charge in [-0.2, -0.15) is 0 Å². The van der Waals surface area contributed by atoms with Crippen LogP contribution in [0.1, 0.15) is 32.4 Å². The Bertz CT molecular complexity index is 608. The molecule has 1 fully saturated rings. The quantitative estimate of drug-likeness (QED) is 0.365. The summed E-state index contributed by atoms with van der Waals surface area (Å²) < 4.78 is 13.6. The van der Waals surface area contributed by atoms with Gasteiger partial charge in [0.05, 0.1) is 6.04 Å². The lowest BCUT2D eigenvalue weighted by molar-refractivity contribution is 0.265. The van der Waals surface area contributed by atoms with Crippen LogP contribution >= 0.6 is 24.0 Å². The molecule has 5 nitrogen and oxygen atoms in total.